The van der Waals surface area contributed by atoms with Crippen LogP contribution >= 0.6 is 0 Å². The molecule has 0 saturated carbocycles. The Morgan fingerprint density at radius 1 is 0.345 bits per heavy atom. The number of furan rings is 2. The van der Waals surface area contributed by atoms with Gasteiger partial charge in [-0.1, -0.05) is 83.9 Å². The second-order valence-electron chi connectivity index (χ2n) is 15.7. The predicted molar refractivity (Wildman–Crippen MR) is 244 cm³/mol. The average molecular weight is 749 g/mol. The Morgan fingerprint density at radius 2 is 0.828 bits per heavy atom. The first-order valence-corrected chi connectivity index (χ1v) is 19.9. The molecule has 2 heterocycles. The SMILES string of the molecule is Cc1ccc(N(c2ccc3cc4c(cc3c2)oc2c4ccc3oc4cc5cc(N(c6ccc(C)cc6)c6ccccc6C)ccc5cc4c32)c2ccccc2C)cc1. The number of anilines is 6. The Balaban J connectivity index is 1.04. The highest BCUT2D eigenvalue weighted by Gasteiger charge is 2.20. The van der Waals surface area contributed by atoms with Crippen LogP contribution in [0.5, 0.6) is 0 Å². The van der Waals surface area contributed by atoms with Crippen molar-refractivity contribution in [2.45, 2.75) is 27.7 Å². The molecule has 0 spiro atoms. The predicted octanol–water partition coefficient (Wildman–Crippen LogP) is 16.0. The highest BCUT2D eigenvalue weighted by molar-refractivity contribution is 6.24. The molecule has 0 radical (unpaired) electrons. The Labute approximate surface area is 336 Å². The molecular weight excluding hydrogens is 709 g/mol. The van der Waals surface area contributed by atoms with E-state index < -0.39 is 0 Å². The fraction of sp³-hybridized carbons (Fsp3) is 0.0741. The van der Waals surface area contributed by atoms with Crippen LogP contribution in [0.25, 0.3) is 65.4 Å². The molecular formula is C54H40N2O2. The van der Waals surface area contributed by atoms with Gasteiger partial charge in [0, 0.05) is 50.3 Å². The number of para-hydroxylation sites is 2. The summed E-state index contributed by atoms with van der Waals surface area (Å²) in [5, 5.41) is 8.78. The summed E-state index contributed by atoms with van der Waals surface area (Å²) in [6.45, 7) is 8.59. The molecule has 0 atom stereocenters. The molecule has 278 valence electrons. The second-order valence-corrected chi connectivity index (χ2v) is 15.7. The van der Waals surface area contributed by atoms with Crippen LogP contribution in [0.15, 0.2) is 179 Å². The minimum Gasteiger partial charge on any atom is -0.456 e. The molecule has 2 aromatic heterocycles. The van der Waals surface area contributed by atoms with E-state index in [1.165, 1.54) is 22.3 Å². The van der Waals surface area contributed by atoms with Crippen LogP contribution in [0.1, 0.15) is 22.3 Å². The molecule has 0 fully saturated rings. The molecule has 0 saturated heterocycles. The minimum absolute atomic E-state index is 0.817. The molecule has 0 aliphatic rings. The maximum Gasteiger partial charge on any atom is 0.147 e. The summed E-state index contributed by atoms with van der Waals surface area (Å²) in [6.07, 6.45) is 0. The van der Waals surface area contributed by atoms with Gasteiger partial charge < -0.3 is 18.6 Å². The number of aryl methyl sites for hydroxylation is 4. The molecule has 0 unspecified atom stereocenters. The molecule has 0 amide bonds. The molecule has 4 heteroatoms. The van der Waals surface area contributed by atoms with E-state index in [0.29, 0.717) is 0 Å². The standard InChI is InChI=1S/C54H40N2O2/c1-33-13-19-41(20-14-33)55(48-11-7-5-9-35(48)3)43-23-17-37-29-46-45-25-26-50-53(54(45)58-51(46)31-39(37)27-43)47-30-38-18-24-44(28-40(38)32-52(47)57-50)56(42-21-15-34(2)16-22-42)49-12-8-6-10-36(49)4/h5-32H,1-4H3. The molecule has 0 aliphatic carbocycles. The number of benzene rings is 9. The first-order valence-electron chi connectivity index (χ1n) is 19.9. The molecule has 11 aromatic rings. The zero-order valence-electron chi connectivity index (χ0n) is 32.9. The summed E-state index contributed by atoms with van der Waals surface area (Å²) in [4.78, 5) is 4.68. The van der Waals surface area contributed by atoms with E-state index in [-0.39, 0.29) is 0 Å². The first-order chi connectivity index (χ1) is 28.4. The maximum atomic E-state index is 6.84. The van der Waals surface area contributed by atoms with Crippen molar-refractivity contribution in [2.24, 2.45) is 0 Å². The lowest BCUT2D eigenvalue weighted by molar-refractivity contribution is 0.663. The smallest absolute Gasteiger partial charge is 0.147 e. The summed E-state index contributed by atoms with van der Waals surface area (Å²) in [6, 6.07) is 61.2. The summed E-state index contributed by atoms with van der Waals surface area (Å²) in [7, 11) is 0. The van der Waals surface area contributed by atoms with E-state index in [0.717, 1.165) is 99.5 Å². The third-order valence-corrected chi connectivity index (χ3v) is 11.8. The van der Waals surface area contributed by atoms with E-state index in [1.807, 2.05) is 0 Å². The van der Waals surface area contributed by atoms with E-state index in [4.69, 9.17) is 8.83 Å². The van der Waals surface area contributed by atoms with Crippen molar-refractivity contribution in [3.05, 3.63) is 192 Å². The van der Waals surface area contributed by atoms with Gasteiger partial charge in [0.05, 0.1) is 5.39 Å². The van der Waals surface area contributed by atoms with E-state index in [2.05, 4.69) is 207 Å². The zero-order chi connectivity index (χ0) is 39.1. The lowest BCUT2D eigenvalue weighted by atomic mass is 10.0. The summed E-state index contributed by atoms with van der Waals surface area (Å²) in [5.74, 6) is 0. The van der Waals surface area contributed by atoms with Gasteiger partial charge >= 0.3 is 0 Å². The molecule has 9 aromatic carbocycles. The average Bonchev–Trinajstić information content (AvgIpc) is 3.79. The van der Waals surface area contributed by atoms with Crippen molar-refractivity contribution < 1.29 is 8.83 Å². The van der Waals surface area contributed by atoms with Crippen LogP contribution in [-0.4, -0.2) is 0 Å². The van der Waals surface area contributed by atoms with Gasteiger partial charge in [-0.3, -0.25) is 0 Å². The van der Waals surface area contributed by atoms with Crippen molar-refractivity contribution in [1.82, 2.24) is 0 Å². The third-order valence-electron chi connectivity index (χ3n) is 11.8. The Hall–Kier alpha value is -7.30. The molecule has 0 aliphatic heterocycles. The van der Waals surface area contributed by atoms with Gasteiger partial charge in [-0.05, 0) is 157 Å². The van der Waals surface area contributed by atoms with Crippen molar-refractivity contribution >= 4 is 99.5 Å². The third kappa shape index (κ3) is 5.52. The number of hydrogen-bond donors (Lipinski definition) is 0. The van der Waals surface area contributed by atoms with Crippen molar-refractivity contribution in [3.63, 3.8) is 0 Å². The van der Waals surface area contributed by atoms with E-state index in [9.17, 15) is 0 Å². The fourth-order valence-corrected chi connectivity index (χ4v) is 8.70. The number of hydrogen-bond acceptors (Lipinski definition) is 4. The van der Waals surface area contributed by atoms with Gasteiger partial charge in [0.2, 0.25) is 0 Å². The maximum absolute atomic E-state index is 6.84. The molecule has 58 heavy (non-hydrogen) atoms. The van der Waals surface area contributed by atoms with Crippen LogP contribution < -0.4 is 9.80 Å². The largest absolute Gasteiger partial charge is 0.456 e. The van der Waals surface area contributed by atoms with Crippen molar-refractivity contribution in [1.29, 1.82) is 0 Å². The monoisotopic (exact) mass is 748 g/mol. The van der Waals surface area contributed by atoms with Crippen LogP contribution in [0.2, 0.25) is 0 Å². The van der Waals surface area contributed by atoms with Crippen molar-refractivity contribution in [3.8, 4) is 0 Å². The van der Waals surface area contributed by atoms with Gasteiger partial charge in [0.15, 0.2) is 0 Å². The van der Waals surface area contributed by atoms with Crippen LogP contribution in [0.3, 0.4) is 0 Å². The second kappa shape index (κ2) is 13.1. The Morgan fingerprint density at radius 3 is 1.36 bits per heavy atom. The van der Waals surface area contributed by atoms with Crippen LogP contribution in [0, 0.1) is 27.7 Å². The number of nitrogens with zero attached hydrogens (tertiary/aromatic N) is 2. The normalized spacial score (nSPS) is 11.8. The van der Waals surface area contributed by atoms with E-state index in [1.54, 1.807) is 0 Å². The molecule has 11 rings (SSSR count). The highest BCUT2D eigenvalue weighted by atomic mass is 16.3. The van der Waals surface area contributed by atoms with E-state index >= 15 is 0 Å². The highest BCUT2D eigenvalue weighted by Crippen LogP contribution is 2.44. The lowest BCUT2D eigenvalue weighted by Crippen LogP contribution is -2.11. The van der Waals surface area contributed by atoms with Crippen LogP contribution in [0.4, 0.5) is 34.1 Å². The topological polar surface area (TPSA) is 32.8 Å². The van der Waals surface area contributed by atoms with Gasteiger partial charge in [-0.25, -0.2) is 0 Å². The molecule has 0 N–H and O–H groups in total. The van der Waals surface area contributed by atoms with Crippen LogP contribution in [-0.2, 0) is 0 Å². The summed E-state index contributed by atoms with van der Waals surface area (Å²) in [5.41, 5.74) is 15.0. The van der Waals surface area contributed by atoms with Gasteiger partial charge in [-0.15, -0.1) is 0 Å². The molecule has 0 bridgehead atoms. The van der Waals surface area contributed by atoms with Gasteiger partial charge in [-0.2, -0.15) is 0 Å². The molecule has 4 nitrogen and oxygen atoms in total. The zero-order valence-corrected chi connectivity index (χ0v) is 32.9. The Kier molecular flexibility index (Phi) is 7.70. The lowest BCUT2D eigenvalue weighted by Gasteiger charge is -2.27. The first kappa shape index (κ1) is 34.0. The van der Waals surface area contributed by atoms with Crippen molar-refractivity contribution in [2.75, 3.05) is 9.80 Å². The van der Waals surface area contributed by atoms with Gasteiger partial charge in [0.1, 0.15) is 22.3 Å². The fourth-order valence-electron chi connectivity index (χ4n) is 8.70. The number of fused-ring (bicyclic) bond motifs is 9. The number of rotatable bonds is 6. The summed E-state index contributed by atoms with van der Waals surface area (Å²) < 4.78 is 13.5. The quantitative estimate of drug-likeness (QED) is 0.170. The minimum atomic E-state index is 0.817. The summed E-state index contributed by atoms with van der Waals surface area (Å²) >= 11 is 0. The van der Waals surface area contributed by atoms with Gasteiger partial charge in [0.25, 0.3) is 0 Å². The Bertz CT molecular complexity index is 3390.